The molecule has 0 bridgehead atoms. The van der Waals surface area contributed by atoms with Crippen molar-refractivity contribution in [1.82, 2.24) is 14.5 Å². The summed E-state index contributed by atoms with van der Waals surface area (Å²) in [6.07, 6.45) is 0. The van der Waals surface area contributed by atoms with Crippen molar-refractivity contribution < 1.29 is 13.2 Å². The van der Waals surface area contributed by atoms with Crippen LogP contribution < -0.4 is 4.72 Å². The van der Waals surface area contributed by atoms with Crippen LogP contribution in [0.25, 0.3) is 0 Å². The molecule has 25 heavy (non-hydrogen) atoms. The van der Waals surface area contributed by atoms with Gasteiger partial charge in [0.2, 0.25) is 5.91 Å². The Bertz CT molecular complexity index is 756. The van der Waals surface area contributed by atoms with Gasteiger partial charge >= 0.3 is 0 Å². The maximum atomic E-state index is 11.8. The largest absolute Gasteiger partial charge is 0.353 e. The highest BCUT2D eigenvalue weighted by atomic mass is 32.2. The third-order valence-corrected chi connectivity index (χ3v) is 5.97. The van der Waals surface area contributed by atoms with E-state index < -0.39 is 15.9 Å². The number of hydrogen-bond acceptors (Lipinski definition) is 8. The summed E-state index contributed by atoms with van der Waals surface area (Å²) in [7, 11) is -1.77. The van der Waals surface area contributed by atoms with Gasteiger partial charge in [-0.25, -0.2) is 13.1 Å². The summed E-state index contributed by atoms with van der Waals surface area (Å²) in [5.41, 5.74) is 0.496. The number of rotatable bonds is 4. The lowest BCUT2D eigenvalue weighted by molar-refractivity contribution is -0.117. The molecule has 0 unspecified atom stereocenters. The molecule has 1 amide bonds. The molecule has 0 spiro atoms. The number of amides is 1. The quantitative estimate of drug-likeness (QED) is 0.467. The number of benzene rings is 1. The summed E-state index contributed by atoms with van der Waals surface area (Å²) >= 11 is 6.45. The number of hydrogen-bond donors (Lipinski definition) is 1. The first kappa shape index (κ1) is 19.8. The molecule has 8 nitrogen and oxygen atoms in total. The monoisotopic (exact) mass is 401 g/mol. The summed E-state index contributed by atoms with van der Waals surface area (Å²) in [5.74, 6) is -0.641. The molecule has 2 rings (SSSR count). The van der Waals surface area contributed by atoms with Gasteiger partial charge in [-0.05, 0) is 31.3 Å². The average Bonchev–Trinajstić information content (AvgIpc) is 2.54. The van der Waals surface area contributed by atoms with Crippen LogP contribution in [0.3, 0.4) is 0 Å². The number of likely N-dealkylation sites (N-methyl/N-ethyl adjacent to an activating group) is 1. The summed E-state index contributed by atoms with van der Waals surface area (Å²) in [6.45, 7) is 4.80. The number of carbonyl (C=O) groups excluding carboxylic acids is 1. The van der Waals surface area contributed by atoms with Crippen LogP contribution in [-0.4, -0.2) is 61.7 Å². The molecule has 0 radical (unpaired) electrons. The van der Waals surface area contributed by atoms with Crippen molar-refractivity contribution in [3.63, 3.8) is 0 Å². The number of sulfonamides is 1. The maximum Gasteiger partial charge on any atom is 0.264 e. The minimum atomic E-state index is -3.84. The smallest absolute Gasteiger partial charge is 0.264 e. The van der Waals surface area contributed by atoms with Gasteiger partial charge in [-0.3, -0.25) is 4.79 Å². The minimum Gasteiger partial charge on any atom is -0.353 e. The number of thiocarbonyl (C=S) groups is 1. The Morgan fingerprint density at radius 1 is 1.20 bits per heavy atom. The Morgan fingerprint density at radius 3 is 2.36 bits per heavy atom. The lowest BCUT2D eigenvalue weighted by Crippen LogP contribution is -2.45. The number of nitrogens with one attached hydrogen (secondary N) is 1. The van der Waals surface area contributed by atoms with Crippen LogP contribution in [0.1, 0.15) is 6.92 Å². The van der Waals surface area contributed by atoms with Gasteiger partial charge < -0.3 is 9.80 Å². The van der Waals surface area contributed by atoms with Gasteiger partial charge in [-0.1, -0.05) is 12.2 Å². The van der Waals surface area contributed by atoms with Gasteiger partial charge in [-0.15, -0.1) is 9.63 Å². The van der Waals surface area contributed by atoms with Crippen molar-refractivity contribution in [3.8, 4) is 0 Å². The molecule has 0 atom stereocenters. The second kappa shape index (κ2) is 8.70. The van der Waals surface area contributed by atoms with Crippen molar-refractivity contribution in [2.75, 3.05) is 33.2 Å². The predicted octanol–water partition coefficient (Wildman–Crippen LogP) is 1.78. The molecule has 1 fully saturated rings. The van der Waals surface area contributed by atoms with Crippen LogP contribution in [0.15, 0.2) is 38.8 Å². The fourth-order valence-electron chi connectivity index (χ4n) is 2.09. The zero-order valence-electron chi connectivity index (χ0n) is 13.9. The first-order chi connectivity index (χ1) is 11.8. The zero-order chi connectivity index (χ0) is 18.4. The molecule has 1 saturated heterocycles. The predicted molar refractivity (Wildman–Crippen MR) is 101 cm³/mol. The summed E-state index contributed by atoms with van der Waals surface area (Å²) in [5, 5.41) is 4.02. The van der Waals surface area contributed by atoms with Crippen molar-refractivity contribution in [3.05, 3.63) is 24.3 Å². The molecule has 1 aromatic rings. The lowest BCUT2D eigenvalue weighted by atomic mass is 10.3. The molecule has 1 aliphatic rings. The van der Waals surface area contributed by atoms with E-state index in [1.165, 1.54) is 24.3 Å². The highest BCUT2D eigenvalue weighted by Gasteiger charge is 2.17. The van der Waals surface area contributed by atoms with Gasteiger partial charge in [0.25, 0.3) is 10.0 Å². The van der Waals surface area contributed by atoms with E-state index in [4.69, 9.17) is 12.2 Å². The van der Waals surface area contributed by atoms with Gasteiger partial charge in [0.1, 0.15) is 0 Å². The van der Waals surface area contributed by atoms with Crippen molar-refractivity contribution >= 4 is 50.1 Å². The van der Waals surface area contributed by atoms with Gasteiger partial charge in [0.15, 0.2) is 4.32 Å². The van der Waals surface area contributed by atoms with Crippen molar-refractivity contribution in [2.45, 2.75) is 11.8 Å². The van der Waals surface area contributed by atoms with E-state index in [2.05, 4.69) is 26.5 Å². The fourth-order valence-corrected chi connectivity index (χ4v) is 3.87. The van der Waals surface area contributed by atoms with E-state index in [1.54, 1.807) is 0 Å². The van der Waals surface area contributed by atoms with Crippen LogP contribution in [-0.2, 0) is 14.8 Å². The normalized spacial score (nSPS) is 16.2. The molecule has 0 aromatic heterocycles. The molecule has 1 heterocycles. The van der Waals surface area contributed by atoms with Crippen LogP contribution >= 0.6 is 24.2 Å². The third-order valence-electron chi connectivity index (χ3n) is 3.46. The summed E-state index contributed by atoms with van der Waals surface area (Å²) < 4.78 is 30.3. The summed E-state index contributed by atoms with van der Waals surface area (Å²) in [6, 6.07) is 5.75. The average molecular weight is 402 g/mol. The molecule has 136 valence electrons. The zero-order valence-corrected chi connectivity index (χ0v) is 16.3. The Kier molecular flexibility index (Phi) is 6.87. The van der Waals surface area contributed by atoms with Gasteiger partial charge in [-0.2, -0.15) is 0 Å². The van der Waals surface area contributed by atoms with Crippen LogP contribution in [0.4, 0.5) is 5.69 Å². The topological polar surface area (TPSA) is 94.4 Å². The Hall–Kier alpha value is -1.56. The minimum absolute atomic E-state index is 0.0118. The molecule has 0 saturated carbocycles. The highest BCUT2D eigenvalue weighted by molar-refractivity contribution is 8.21. The maximum absolute atomic E-state index is 11.8. The second-order valence-electron chi connectivity index (χ2n) is 5.48. The van der Waals surface area contributed by atoms with Crippen LogP contribution in [0.2, 0.25) is 0 Å². The fraction of sp³-hybridized carbons (Fsp3) is 0.429. The van der Waals surface area contributed by atoms with E-state index in [0.717, 1.165) is 45.1 Å². The van der Waals surface area contributed by atoms with Crippen molar-refractivity contribution in [2.24, 2.45) is 9.63 Å². The molecule has 1 aromatic carbocycles. The first-order valence-electron chi connectivity index (χ1n) is 7.47. The number of nitrogens with zero attached hydrogens (tertiary/aromatic N) is 4. The van der Waals surface area contributed by atoms with Crippen LogP contribution in [0, 0.1) is 0 Å². The third kappa shape index (κ3) is 6.03. The van der Waals surface area contributed by atoms with E-state index in [-0.39, 0.29) is 4.90 Å². The van der Waals surface area contributed by atoms with E-state index in [0.29, 0.717) is 10.0 Å². The van der Waals surface area contributed by atoms with Gasteiger partial charge in [0.05, 0.1) is 22.5 Å². The molecular weight excluding hydrogens is 382 g/mol. The molecule has 0 aliphatic carbocycles. The number of piperazine rings is 1. The van der Waals surface area contributed by atoms with E-state index in [9.17, 15) is 13.2 Å². The SMILES string of the molecule is CC(=O)NS(=O)(=O)c1ccc(N=NSC(=S)N2CCN(C)CC2)cc1. The molecule has 1 aliphatic heterocycles. The standard InChI is InChI=1S/C14H19N5O3S3/c1-11(20)16-25(21,22)13-5-3-12(4-6-13)15-17-24-14(23)19-9-7-18(2)8-10-19/h3-6H,7-10H2,1-2H3,(H,16,20). The lowest BCUT2D eigenvalue weighted by Gasteiger charge is -2.32. The van der Waals surface area contributed by atoms with E-state index in [1.807, 2.05) is 4.72 Å². The number of carbonyl (C=O) groups is 1. The molecule has 11 heteroatoms. The van der Waals surface area contributed by atoms with Crippen molar-refractivity contribution in [1.29, 1.82) is 0 Å². The first-order valence-corrected chi connectivity index (χ1v) is 10.1. The Balaban J connectivity index is 1.91. The summed E-state index contributed by atoms with van der Waals surface area (Å²) in [4.78, 5) is 15.2. The second-order valence-corrected chi connectivity index (χ2v) is 8.54. The molecular formula is C14H19N5O3S3. The highest BCUT2D eigenvalue weighted by Crippen LogP contribution is 2.20. The Labute approximate surface area is 156 Å². The Morgan fingerprint density at radius 2 is 1.80 bits per heavy atom. The van der Waals surface area contributed by atoms with Gasteiger partial charge in [0, 0.05) is 33.1 Å². The van der Waals surface area contributed by atoms with E-state index >= 15 is 0 Å². The van der Waals surface area contributed by atoms with Crippen LogP contribution in [0.5, 0.6) is 0 Å². The molecule has 1 N–H and O–H groups in total.